The molecule has 9 heteroatoms. The SMILES string of the molecule is O=C(Cc1csc(-c2ccco2)n1)Nc1cccc(Cl)c1SC(F)F. The minimum Gasteiger partial charge on any atom is -0.462 e. The molecule has 0 atom stereocenters. The van der Waals surface area contributed by atoms with Crippen LogP contribution in [0.25, 0.3) is 10.8 Å². The fourth-order valence-corrected chi connectivity index (χ4v) is 3.78. The van der Waals surface area contributed by atoms with E-state index in [4.69, 9.17) is 16.0 Å². The normalized spacial score (nSPS) is 11.0. The first-order chi connectivity index (χ1) is 12.0. The number of benzene rings is 1. The van der Waals surface area contributed by atoms with Gasteiger partial charge < -0.3 is 9.73 Å². The lowest BCUT2D eigenvalue weighted by Crippen LogP contribution is -2.15. The van der Waals surface area contributed by atoms with Gasteiger partial charge in [-0.25, -0.2) is 4.98 Å². The largest absolute Gasteiger partial charge is 0.462 e. The van der Waals surface area contributed by atoms with Gasteiger partial charge in [-0.05, 0) is 24.3 Å². The molecule has 1 amide bonds. The lowest BCUT2D eigenvalue weighted by molar-refractivity contribution is -0.115. The first kappa shape index (κ1) is 17.9. The zero-order valence-corrected chi connectivity index (χ0v) is 14.9. The van der Waals surface area contributed by atoms with Crippen LogP contribution in [0.15, 0.2) is 51.3 Å². The van der Waals surface area contributed by atoms with Crippen molar-refractivity contribution in [1.29, 1.82) is 0 Å². The number of nitrogens with zero attached hydrogens (tertiary/aromatic N) is 1. The van der Waals surface area contributed by atoms with Gasteiger partial charge >= 0.3 is 0 Å². The van der Waals surface area contributed by atoms with Gasteiger partial charge in [-0.1, -0.05) is 29.4 Å². The number of rotatable bonds is 6. The summed E-state index contributed by atoms with van der Waals surface area (Å²) in [6, 6.07) is 8.15. The Morgan fingerprint density at radius 3 is 2.92 bits per heavy atom. The van der Waals surface area contributed by atoms with Crippen molar-refractivity contribution in [2.75, 3.05) is 5.32 Å². The van der Waals surface area contributed by atoms with Crippen molar-refractivity contribution in [3.63, 3.8) is 0 Å². The summed E-state index contributed by atoms with van der Waals surface area (Å²) in [5.41, 5.74) is 0.822. The molecule has 1 N–H and O–H groups in total. The number of thioether (sulfide) groups is 1. The highest BCUT2D eigenvalue weighted by atomic mass is 35.5. The summed E-state index contributed by atoms with van der Waals surface area (Å²) in [5.74, 6) is -2.37. The van der Waals surface area contributed by atoms with Crippen LogP contribution in [0.4, 0.5) is 14.5 Å². The van der Waals surface area contributed by atoms with Crippen molar-refractivity contribution in [3.8, 4) is 10.8 Å². The summed E-state index contributed by atoms with van der Waals surface area (Å²) < 4.78 is 30.6. The summed E-state index contributed by atoms with van der Waals surface area (Å²) in [6.45, 7) is 0. The number of nitrogens with one attached hydrogen (secondary N) is 1. The topological polar surface area (TPSA) is 55.1 Å². The molecule has 1 aromatic carbocycles. The number of alkyl halides is 2. The molecule has 0 spiro atoms. The number of halogens is 3. The maximum Gasteiger partial charge on any atom is 0.289 e. The lowest BCUT2D eigenvalue weighted by atomic mass is 10.3. The zero-order chi connectivity index (χ0) is 17.8. The number of hydrogen-bond acceptors (Lipinski definition) is 5. The highest BCUT2D eigenvalue weighted by Gasteiger charge is 2.16. The average Bonchev–Trinajstić information content (AvgIpc) is 3.21. The third-order valence-electron chi connectivity index (χ3n) is 3.07. The van der Waals surface area contributed by atoms with Gasteiger partial charge in [-0.3, -0.25) is 4.79 Å². The van der Waals surface area contributed by atoms with Gasteiger partial charge in [-0.2, -0.15) is 8.78 Å². The molecule has 0 saturated carbocycles. The van der Waals surface area contributed by atoms with Crippen LogP contribution in [0, 0.1) is 0 Å². The summed E-state index contributed by atoms with van der Waals surface area (Å²) in [6.07, 6.45) is 1.56. The number of amides is 1. The van der Waals surface area contributed by atoms with Crippen molar-refractivity contribution in [2.24, 2.45) is 0 Å². The van der Waals surface area contributed by atoms with Crippen LogP contribution >= 0.6 is 34.7 Å². The summed E-state index contributed by atoms with van der Waals surface area (Å²) in [4.78, 5) is 16.7. The summed E-state index contributed by atoms with van der Waals surface area (Å²) in [7, 11) is 0. The van der Waals surface area contributed by atoms with E-state index < -0.39 is 5.76 Å². The smallest absolute Gasteiger partial charge is 0.289 e. The summed E-state index contributed by atoms with van der Waals surface area (Å²) >= 11 is 7.61. The van der Waals surface area contributed by atoms with E-state index in [2.05, 4.69) is 10.3 Å². The number of hydrogen-bond donors (Lipinski definition) is 1. The van der Waals surface area contributed by atoms with Crippen LogP contribution in [0.1, 0.15) is 5.69 Å². The number of carbonyl (C=O) groups excluding carboxylic acids is 1. The molecule has 2 aromatic heterocycles. The molecule has 0 aliphatic heterocycles. The first-order valence-electron chi connectivity index (χ1n) is 7.04. The van der Waals surface area contributed by atoms with Crippen LogP contribution in [-0.2, 0) is 11.2 Å². The highest BCUT2D eigenvalue weighted by molar-refractivity contribution is 7.99. The van der Waals surface area contributed by atoms with Crippen LogP contribution in [0.3, 0.4) is 0 Å². The second kappa shape index (κ2) is 7.99. The minimum absolute atomic E-state index is 0.0164. The number of furan rings is 1. The van der Waals surface area contributed by atoms with Crippen LogP contribution in [0.2, 0.25) is 5.02 Å². The quantitative estimate of drug-likeness (QED) is 0.551. The molecule has 0 radical (unpaired) electrons. The fraction of sp³-hybridized carbons (Fsp3) is 0.125. The maximum absolute atomic E-state index is 12.7. The standard InChI is InChI=1S/C16H11ClF2N2O2S2/c17-10-3-1-4-11(14(10)25-16(18)19)21-13(22)7-9-8-24-15(20-9)12-5-2-6-23-12/h1-6,8,16H,7H2,(H,21,22). The number of aromatic nitrogens is 1. The van der Waals surface area contributed by atoms with Gasteiger partial charge in [0, 0.05) is 5.38 Å². The molecule has 25 heavy (non-hydrogen) atoms. The lowest BCUT2D eigenvalue weighted by Gasteiger charge is -2.11. The molecule has 0 saturated heterocycles. The Labute approximate surface area is 155 Å². The van der Waals surface area contributed by atoms with Gasteiger partial charge in [0.1, 0.15) is 0 Å². The molecule has 2 heterocycles. The van der Waals surface area contributed by atoms with E-state index in [0.29, 0.717) is 28.2 Å². The summed E-state index contributed by atoms with van der Waals surface area (Å²) in [5, 5.41) is 5.20. The van der Waals surface area contributed by atoms with E-state index in [-0.39, 0.29) is 27.9 Å². The number of carbonyl (C=O) groups is 1. The van der Waals surface area contributed by atoms with E-state index in [9.17, 15) is 13.6 Å². The highest BCUT2D eigenvalue weighted by Crippen LogP contribution is 2.37. The van der Waals surface area contributed by atoms with Crippen LogP contribution in [0.5, 0.6) is 0 Å². The number of thiazole rings is 1. The van der Waals surface area contributed by atoms with Crippen molar-refractivity contribution in [3.05, 3.63) is 52.7 Å². The third-order valence-corrected chi connectivity index (χ3v) is 5.26. The molecule has 0 fully saturated rings. The number of anilines is 1. The molecular formula is C16H11ClF2N2O2S2. The van der Waals surface area contributed by atoms with E-state index in [1.54, 1.807) is 29.8 Å². The monoisotopic (exact) mass is 400 g/mol. The first-order valence-corrected chi connectivity index (χ1v) is 9.18. The Kier molecular flexibility index (Phi) is 5.72. The van der Waals surface area contributed by atoms with Gasteiger partial charge in [0.25, 0.3) is 5.76 Å². The predicted octanol–water partition coefficient (Wildman–Crippen LogP) is 5.55. The molecule has 0 unspecified atom stereocenters. The van der Waals surface area contributed by atoms with Crippen molar-refractivity contribution >= 4 is 46.3 Å². The molecule has 130 valence electrons. The van der Waals surface area contributed by atoms with E-state index >= 15 is 0 Å². The van der Waals surface area contributed by atoms with Crippen molar-refractivity contribution < 1.29 is 18.0 Å². The Hall–Kier alpha value is -1.90. The molecule has 4 nitrogen and oxygen atoms in total. The maximum atomic E-state index is 12.7. The van der Waals surface area contributed by atoms with Gasteiger partial charge in [-0.15, -0.1) is 11.3 Å². The minimum atomic E-state index is -2.63. The predicted molar refractivity (Wildman–Crippen MR) is 95.5 cm³/mol. The Bertz CT molecular complexity index is 869. The Morgan fingerprint density at radius 2 is 2.20 bits per heavy atom. The molecule has 0 aliphatic rings. The second-order valence-electron chi connectivity index (χ2n) is 4.84. The molecule has 3 rings (SSSR count). The van der Waals surface area contributed by atoms with Crippen LogP contribution < -0.4 is 5.32 Å². The van der Waals surface area contributed by atoms with Crippen molar-refractivity contribution in [2.45, 2.75) is 17.1 Å². The average molecular weight is 401 g/mol. The van der Waals surface area contributed by atoms with Gasteiger partial charge in [0.2, 0.25) is 5.91 Å². The van der Waals surface area contributed by atoms with E-state index in [1.165, 1.54) is 23.5 Å². The molecule has 0 bridgehead atoms. The van der Waals surface area contributed by atoms with Gasteiger partial charge in [0.05, 0.1) is 34.0 Å². The van der Waals surface area contributed by atoms with Gasteiger partial charge in [0.15, 0.2) is 10.8 Å². The van der Waals surface area contributed by atoms with E-state index in [0.717, 1.165) is 0 Å². The Morgan fingerprint density at radius 1 is 1.36 bits per heavy atom. The molecular weight excluding hydrogens is 390 g/mol. The van der Waals surface area contributed by atoms with E-state index in [1.807, 2.05) is 0 Å². The molecule has 0 aliphatic carbocycles. The van der Waals surface area contributed by atoms with Crippen molar-refractivity contribution in [1.82, 2.24) is 4.98 Å². The zero-order valence-electron chi connectivity index (χ0n) is 12.5. The van der Waals surface area contributed by atoms with Crippen LogP contribution in [-0.4, -0.2) is 16.6 Å². The molecule has 3 aromatic rings. The second-order valence-corrected chi connectivity index (χ2v) is 7.11. The Balaban J connectivity index is 1.70. The fourth-order valence-electron chi connectivity index (χ4n) is 2.08. The third kappa shape index (κ3) is 4.59.